The van der Waals surface area contributed by atoms with Crippen LogP contribution in [0.1, 0.15) is 96.4 Å². The van der Waals surface area contributed by atoms with Gasteiger partial charge in [0.05, 0.1) is 17.0 Å². The third-order valence-electron chi connectivity index (χ3n) is 5.80. The summed E-state index contributed by atoms with van der Waals surface area (Å²) in [5.74, 6) is -0.677. The van der Waals surface area contributed by atoms with E-state index in [1.807, 2.05) is 4.57 Å². The zero-order chi connectivity index (χ0) is 21.9. The van der Waals surface area contributed by atoms with E-state index in [1.165, 1.54) is 57.8 Å². The monoisotopic (exact) mass is 499 g/mol. The lowest BCUT2D eigenvalue weighted by molar-refractivity contribution is -0.137. The van der Waals surface area contributed by atoms with E-state index >= 15 is 0 Å². The first-order valence-corrected chi connectivity index (χ1v) is 12.5. The fourth-order valence-electron chi connectivity index (χ4n) is 4.11. The van der Waals surface area contributed by atoms with Crippen LogP contribution < -0.4 is 0 Å². The second kappa shape index (κ2) is 13.3. The van der Waals surface area contributed by atoms with E-state index < -0.39 is 5.97 Å². The van der Waals surface area contributed by atoms with E-state index in [1.54, 1.807) is 18.3 Å². The fourth-order valence-corrected chi connectivity index (χ4v) is 4.61. The Kier molecular flexibility index (Phi) is 11.1. The van der Waals surface area contributed by atoms with Gasteiger partial charge in [0.25, 0.3) is 0 Å². The van der Waals surface area contributed by atoms with Crippen molar-refractivity contribution in [3.05, 3.63) is 27.8 Å². The topological polar surface area (TPSA) is 62.5 Å². The van der Waals surface area contributed by atoms with Gasteiger partial charge in [0.1, 0.15) is 5.75 Å². The van der Waals surface area contributed by atoms with Crippen LogP contribution in [0.2, 0.25) is 5.02 Å². The van der Waals surface area contributed by atoms with Crippen molar-refractivity contribution in [2.24, 2.45) is 0 Å². The molecule has 30 heavy (non-hydrogen) atoms. The molecule has 168 valence electrons. The van der Waals surface area contributed by atoms with Gasteiger partial charge in [-0.05, 0) is 34.5 Å². The normalized spacial score (nSPS) is 12.5. The van der Waals surface area contributed by atoms with Crippen molar-refractivity contribution >= 4 is 44.4 Å². The van der Waals surface area contributed by atoms with Gasteiger partial charge in [0, 0.05) is 22.1 Å². The van der Waals surface area contributed by atoms with Gasteiger partial charge >= 0.3 is 5.97 Å². The van der Waals surface area contributed by atoms with Crippen LogP contribution in [-0.2, 0) is 4.79 Å². The molecule has 0 saturated heterocycles. The maximum atomic E-state index is 11.4. The van der Waals surface area contributed by atoms with Crippen molar-refractivity contribution in [2.75, 3.05) is 0 Å². The van der Waals surface area contributed by atoms with Gasteiger partial charge in [-0.3, -0.25) is 4.79 Å². The molecule has 0 aliphatic rings. The molecule has 1 heterocycles. The lowest BCUT2D eigenvalue weighted by atomic mass is 10.0. The number of benzene rings is 1. The summed E-state index contributed by atoms with van der Waals surface area (Å²) in [6.07, 6.45) is 16.4. The van der Waals surface area contributed by atoms with E-state index in [0.717, 1.165) is 24.8 Å². The van der Waals surface area contributed by atoms with Crippen molar-refractivity contribution < 1.29 is 15.0 Å². The summed E-state index contributed by atoms with van der Waals surface area (Å²) < 4.78 is 2.60. The smallest absolute Gasteiger partial charge is 0.305 e. The van der Waals surface area contributed by atoms with Gasteiger partial charge in [0.15, 0.2) is 0 Å². The van der Waals surface area contributed by atoms with Gasteiger partial charge in [-0.1, -0.05) is 89.2 Å². The lowest BCUT2D eigenvalue weighted by Gasteiger charge is -2.18. The molecule has 6 heteroatoms. The van der Waals surface area contributed by atoms with Crippen molar-refractivity contribution in [1.29, 1.82) is 0 Å². The first kappa shape index (κ1) is 25.1. The minimum atomic E-state index is -0.826. The summed E-state index contributed by atoms with van der Waals surface area (Å²) in [7, 11) is 0. The summed E-state index contributed by atoms with van der Waals surface area (Å²) in [6, 6.07) is 3.38. The second-order valence-corrected chi connectivity index (χ2v) is 9.54. The number of unbranched alkanes of at least 4 members (excludes halogenated alkanes) is 10. The highest BCUT2D eigenvalue weighted by molar-refractivity contribution is 9.10. The predicted molar refractivity (Wildman–Crippen MR) is 129 cm³/mol. The Labute approximate surface area is 193 Å². The molecule has 1 unspecified atom stereocenters. The van der Waals surface area contributed by atoms with E-state index in [2.05, 4.69) is 22.9 Å². The van der Waals surface area contributed by atoms with Crippen LogP contribution in [0.3, 0.4) is 0 Å². The van der Waals surface area contributed by atoms with Gasteiger partial charge in [-0.15, -0.1) is 0 Å². The molecule has 1 atom stereocenters. The number of rotatable bonds is 15. The maximum Gasteiger partial charge on any atom is 0.305 e. The summed E-state index contributed by atoms with van der Waals surface area (Å²) >= 11 is 9.63. The predicted octanol–water partition coefficient (Wildman–Crippen LogP) is 8.48. The number of aliphatic carboxylic acids is 1. The molecule has 2 rings (SSSR count). The number of fused-ring (bicyclic) bond motifs is 1. The van der Waals surface area contributed by atoms with Gasteiger partial charge in [-0.2, -0.15) is 0 Å². The molecule has 0 amide bonds. The van der Waals surface area contributed by atoms with Crippen LogP contribution in [0.5, 0.6) is 5.75 Å². The van der Waals surface area contributed by atoms with Crippen molar-refractivity contribution in [3.8, 4) is 5.75 Å². The van der Waals surface area contributed by atoms with Gasteiger partial charge < -0.3 is 14.8 Å². The third kappa shape index (κ3) is 7.81. The number of halogens is 2. The number of carbonyl (C=O) groups is 1. The summed E-state index contributed by atoms with van der Waals surface area (Å²) in [6.45, 7) is 2.25. The Hall–Kier alpha value is -1.20. The molecule has 0 bridgehead atoms. The summed E-state index contributed by atoms with van der Waals surface area (Å²) in [4.78, 5) is 11.4. The molecule has 4 nitrogen and oxygen atoms in total. The number of carboxylic acid groups (broad SMARTS) is 1. The standard InChI is InChI=1S/C24H35BrClNO3/c1-2-3-4-5-6-7-8-9-10-11-12-13-18(14-24(29)30)27-17-23(28)19-15-20(25)21(26)16-22(19)27/h15-18,28H,2-14H2,1H3,(H,29,30). The fraction of sp³-hybridized carbons (Fsp3) is 0.625. The Morgan fingerprint density at radius 1 is 1.03 bits per heavy atom. The molecule has 1 aromatic heterocycles. The van der Waals surface area contributed by atoms with Crippen LogP contribution in [0.15, 0.2) is 22.8 Å². The molecule has 2 N–H and O–H groups in total. The number of aromatic nitrogens is 1. The average molecular weight is 501 g/mol. The Morgan fingerprint density at radius 3 is 2.17 bits per heavy atom. The minimum absolute atomic E-state index is 0.0364. The molecule has 0 aliphatic heterocycles. The SMILES string of the molecule is CCCCCCCCCCCCCC(CC(=O)O)n1cc(O)c2cc(Br)c(Cl)cc21. The summed E-state index contributed by atoms with van der Waals surface area (Å²) in [5.41, 5.74) is 0.773. The number of hydrogen-bond donors (Lipinski definition) is 2. The Morgan fingerprint density at radius 2 is 1.60 bits per heavy atom. The summed E-state index contributed by atoms with van der Waals surface area (Å²) in [5, 5.41) is 20.9. The van der Waals surface area contributed by atoms with E-state index in [-0.39, 0.29) is 18.2 Å². The van der Waals surface area contributed by atoms with Crippen LogP contribution >= 0.6 is 27.5 Å². The highest BCUT2D eigenvalue weighted by Crippen LogP contribution is 2.37. The number of aromatic hydroxyl groups is 1. The highest BCUT2D eigenvalue weighted by Gasteiger charge is 2.20. The van der Waals surface area contributed by atoms with Crippen LogP contribution in [0.25, 0.3) is 10.9 Å². The van der Waals surface area contributed by atoms with Gasteiger partial charge in [-0.25, -0.2) is 0 Å². The Bertz CT molecular complexity index is 805. The molecule has 0 radical (unpaired) electrons. The van der Waals surface area contributed by atoms with Crippen molar-refractivity contribution in [1.82, 2.24) is 4.57 Å². The molecule has 0 aliphatic carbocycles. The molecular formula is C24H35BrClNO3. The van der Waals surface area contributed by atoms with Crippen molar-refractivity contribution in [2.45, 2.75) is 96.4 Å². The molecule has 0 saturated carbocycles. The zero-order valence-electron chi connectivity index (χ0n) is 18.0. The number of carboxylic acids is 1. The molecule has 1 aromatic carbocycles. The first-order chi connectivity index (χ1) is 14.4. The van der Waals surface area contributed by atoms with Crippen LogP contribution in [0, 0.1) is 0 Å². The third-order valence-corrected chi connectivity index (χ3v) is 7.00. The zero-order valence-corrected chi connectivity index (χ0v) is 20.3. The maximum absolute atomic E-state index is 11.4. The molecule has 0 spiro atoms. The second-order valence-electron chi connectivity index (χ2n) is 8.28. The molecule has 0 fully saturated rings. The Balaban J connectivity index is 1.84. The van der Waals surface area contributed by atoms with Crippen LogP contribution in [0.4, 0.5) is 0 Å². The van der Waals surface area contributed by atoms with E-state index in [9.17, 15) is 15.0 Å². The number of hydrogen-bond acceptors (Lipinski definition) is 2. The number of nitrogens with zero attached hydrogens (tertiary/aromatic N) is 1. The minimum Gasteiger partial charge on any atom is -0.506 e. The van der Waals surface area contributed by atoms with Crippen LogP contribution in [-0.4, -0.2) is 20.7 Å². The van der Waals surface area contributed by atoms with Crippen molar-refractivity contribution in [3.63, 3.8) is 0 Å². The first-order valence-electron chi connectivity index (χ1n) is 11.3. The lowest BCUT2D eigenvalue weighted by Crippen LogP contribution is -2.13. The quantitative estimate of drug-likeness (QED) is 0.241. The molecular weight excluding hydrogens is 466 g/mol. The largest absolute Gasteiger partial charge is 0.506 e. The molecule has 2 aromatic rings. The highest BCUT2D eigenvalue weighted by atomic mass is 79.9. The van der Waals surface area contributed by atoms with E-state index in [4.69, 9.17) is 11.6 Å². The average Bonchev–Trinajstić information content (AvgIpc) is 3.01. The van der Waals surface area contributed by atoms with E-state index in [0.29, 0.717) is 14.9 Å². The van der Waals surface area contributed by atoms with Gasteiger partial charge in [0.2, 0.25) is 0 Å².